The first-order valence-corrected chi connectivity index (χ1v) is 15.3. The Kier molecular flexibility index (Phi) is 5.57. The molecule has 7 rings (SSSR count). The second kappa shape index (κ2) is 8.82. The SMILES string of the molecule is Cn1c(=O)c2c(c3cc(Nc4nc(N5C6CCC5CS(=O)(=O)C6)ncc4Cl)ccc31)NC(C1CC1)COC2=O. The van der Waals surface area contributed by atoms with Crippen molar-refractivity contribution in [3.8, 4) is 0 Å². The number of ether oxygens (including phenoxy) is 1. The monoisotopic (exact) mass is 570 g/mol. The molecule has 0 radical (unpaired) electrons. The highest BCUT2D eigenvalue weighted by Gasteiger charge is 2.44. The standard InChI is InChI=1S/C26H27ClN6O5S/c1-32-20-7-4-14(8-17(20)22-21(24(32)34)25(35)38-10-19(30-22)13-2-3-13)29-23-18(27)9-28-26(31-23)33-15-5-6-16(33)12-39(36,37)11-15/h4,7-9,13,15-16,19,30H,2-3,5-6,10-12H2,1H3,(H,28,29,31). The van der Waals surface area contributed by atoms with Crippen molar-refractivity contribution in [2.75, 3.05) is 33.6 Å². The second-order valence-corrected chi connectivity index (χ2v) is 13.5. The summed E-state index contributed by atoms with van der Waals surface area (Å²) in [5.74, 6) is 0.810. The van der Waals surface area contributed by atoms with Gasteiger partial charge in [0.1, 0.15) is 17.2 Å². The van der Waals surface area contributed by atoms with Gasteiger partial charge in [-0.05, 0) is 49.8 Å². The molecule has 2 aromatic heterocycles. The van der Waals surface area contributed by atoms with Crippen LogP contribution in [0.1, 0.15) is 36.0 Å². The van der Waals surface area contributed by atoms with Crippen LogP contribution in [0.4, 0.5) is 23.1 Å². The number of sulfone groups is 1. The van der Waals surface area contributed by atoms with Gasteiger partial charge >= 0.3 is 5.97 Å². The third-order valence-electron chi connectivity index (χ3n) is 8.25. The summed E-state index contributed by atoms with van der Waals surface area (Å²) in [5.41, 5.74) is 1.40. The summed E-state index contributed by atoms with van der Waals surface area (Å²) in [4.78, 5) is 37.1. The Hall–Kier alpha value is -3.38. The second-order valence-electron chi connectivity index (χ2n) is 10.9. The lowest BCUT2D eigenvalue weighted by Crippen LogP contribution is -2.49. The molecule has 3 atom stereocenters. The Morgan fingerprint density at radius 2 is 1.87 bits per heavy atom. The van der Waals surface area contributed by atoms with Crippen molar-refractivity contribution in [1.82, 2.24) is 14.5 Å². The summed E-state index contributed by atoms with van der Waals surface area (Å²) in [6.45, 7) is 0.222. The molecule has 0 spiro atoms. The first kappa shape index (κ1) is 24.6. The van der Waals surface area contributed by atoms with Gasteiger partial charge in [0.2, 0.25) is 5.95 Å². The van der Waals surface area contributed by atoms with E-state index >= 15 is 0 Å². The Balaban J connectivity index is 1.27. The molecule has 13 heteroatoms. The number of rotatable bonds is 4. The van der Waals surface area contributed by atoms with E-state index in [1.165, 1.54) is 10.8 Å². The van der Waals surface area contributed by atoms with E-state index in [4.69, 9.17) is 16.3 Å². The van der Waals surface area contributed by atoms with E-state index in [0.29, 0.717) is 45.0 Å². The van der Waals surface area contributed by atoms with Gasteiger partial charge in [0.15, 0.2) is 15.7 Å². The van der Waals surface area contributed by atoms with E-state index in [-0.39, 0.29) is 41.8 Å². The lowest BCUT2D eigenvalue weighted by Gasteiger charge is -2.34. The van der Waals surface area contributed by atoms with Crippen molar-refractivity contribution in [3.05, 3.63) is 45.3 Å². The van der Waals surface area contributed by atoms with Crippen LogP contribution in [-0.4, -0.2) is 65.2 Å². The molecule has 1 aromatic carbocycles. The molecular weight excluding hydrogens is 544 g/mol. The zero-order valence-electron chi connectivity index (χ0n) is 21.2. The van der Waals surface area contributed by atoms with Crippen LogP contribution < -0.4 is 21.1 Å². The number of hydrogen-bond donors (Lipinski definition) is 2. The van der Waals surface area contributed by atoms with Crippen molar-refractivity contribution in [1.29, 1.82) is 0 Å². The van der Waals surface area contributed by atoms with Crippen molar-refractivity contribution in [3.63, 3.8) is 0 Å². The maximum absolute atomic E-state index is 13.1. The van der Waals surface area contributed by atoms with Crippen LogP contribution in [0.2, 0.25) is 5.02 Å². The number of pyridine rings is 1. The van der Waals surface area contributed by atoms with Gasteiger partial charge in [-0.3, -0.25) is 4.79 Å². The lowest BCUT2D eigenvalue weighted by molar-refractivity contribution is 0.0491. The zero-order chi connectivity index (χ0) is 27.1. The number of aromatic nitrogens is 3. The number of carbonyl (C=O) groups is 1. The summed E-state index contributed by atoms with van der Waals surface area (Å²) in [5, 5.41) is 7.72. The average molecular weight is 571 g/mol. The van der Waals surface area contributed by atoms with Crippen LogP contribution in [0.3, 0.4) is 0 Å². The smallest absolute Gasteiger partial charge is 0.346 e. The Labute approximate surface area is 229 Å². The lowest BCUT2D eigenvalue weighted by atomic mass is 10.1. The van der Waals surface area contributed by atoms with Crippen molar-refractivity contribution in [2.24, 2.45) is 13.0 Å². The summed E-state index contributed by atoms with van der Waals surface area (Å²) in [6, 6.07) is 5.14. The number of nitrogens with one attached hydrogen (secondary N) is 2. The predicted octanol–water partition coefficient (Wildman–Crippen LogP) is 2.85. The summed E-state index contributed by atoms with van der Waals surface area (Å²) in [7, 11) is -1.44. The Morgan fingerprint density at radius 1 is 1.13 bits per heavy atom. The fraction of sp³-hybridized carbons (Fsp3) is 0.462. The first-order valence-electron chi connectivity index (χ1n) is 13.1. The minimum atomic E-state index is -3.08. The molecule has 2 saturated heterocycles. The number of esters is 1. The molecule has 4 aliphatic rings. The summed E-state index contributed by atoms with van der Waals surface area (Å²) >= 11 is 6.48. The molecule has 3 unspecified atom stereocenters. The number of fused-ring (bicyclic) bond motifs is 5. The largest absolute Gasteiger partial charge is 0.460 e. The number of nitrogens with zero attached hydrogens (tertiary/aromatic N) is 4. The summed E-state index contributed by atoms with van der Waals surface area (Å²) in [6.07, 6.45) is 5.19. The number of anilines is 4. The molecule has 3 aromatic rings. The van der Waals surface area contributed by atoms with Crippen LogP contribution in [-0.2, 0) is 21.6 Å². The molecule has 2 N–H and O–H groups in total. The fourth-order valence-corrected chi connectivity index (χ4v) is 8.26. The molecule has 39 heavy (non-hydrogen) atoms. The van der Waals surface area contributed by atoms with Gasteiger partial charge in [0.05, 0.1) is 34.9 Å². The summed E-state index contributed by atoms with van der Waals surface area (Å²) < 4.78 is 31.4. The number of aryl methyl sites for hydroxylation is 1. The highest BCUT2D eigenvalue weighted by Crippen LogP contribution is 2.39. The number of carbonyl (C=O) groups excluding carboxylic acids is 1. The van der Waals surface area contributed by atoms with Crippen LogP contribution in [0, 0.1) is 5.92 Å². The van der Waals surface area contributed by atoms with Crippen LogP contribution in [0.5, 0.6) is 0 Å². The Bertz CT molecular complexity index is 1690. The molecule has 5 heterocycles. The number of benzene rings is 1. The molecule has 3 aliphatic heterocycles. The normalized spacial score (nSPS) is 25.5. The quantitative estimate of drug-likeness (QED) is 0.451. The molecule has 0 amide bonds. The van der Waals surface area contributed by atoms with Crippen LogP contribution in [0.15, 0.2) is 29.2 Å². The molecular formula is C26H27ClN6O5S. The van der Waals surface area contributed by atoms with Gasteiger partial charge in [-0.25, -0.2) is 18.2 Å². The number of halogens is 1. The topological polar surface area (TPSA) is 136 Å². The third-order valence-corrected chi connectivity index (χ3v) is 10.3. The predicted molar refractivity (Wildman–Crippen MR) is 148 cm³/mol. The van der Waals surface area contributed by atoms with Crippen LogP contribution in [0.25, 0.3) is 10.9 Å². The van der Waals surface area contributed by atoms with Gasteiger partial charge in [0.25, 0.3) is 5.56 Å². The number of hydrogen-bond acceptors (Lipinski definition) is 10. The maximum Gasteiger partial charge on any atom is 0.346 e. The molecule has 204 valence electrons. The van der Waals surface area contributed by atoms with Crippen molar-refractivity contribution < 1.29 is 17.9 Å². The third kappa shape index (κ3) is 4.20. The Morgan fingerprint density at radius 3 is 2.59 bits per heavy atom. The fourth-order valence-electron chi connectivity index (χ4n) is 6.16. The van der Waals surface area contributed by atoms with Gasteiger partial charge in [-0.1, -0.05) is 11.6 Å². The highest BCUT2D eigenvalue weighted by atomic mass is 35.5. The van der Waals surface area contributed by atoms with E-state index in [0.717, 1.165) is 25.7 Å². The van der Waals surface area contributed by atoms with Gasteiger partial charge in [-0.2, -0.15) is 4.98 Å². The highest BCUT2D eigenvalue weighted by molar-refractivity contribution is 7.91. The molecule has 3 fully saturated rings. The molecule has 1 aliphatic carbocycles. The minimum Gasteiger partial charge on any atom is -0.460 e. The van der Waals surface area contributed by atoms with E-state index in [9.17, 15) is 18.0 Å². The average Bonchev–Trinajstić information content (AvgIpc) is 3.71. The minimum absolute atomic E-state index is 0.00295. The number of cyclic esters (lactones) is 1. The zero-order valence-corrected chi connectivity index (χ0v) is 22.8. The first-order chi connectivity index (χ1) is 18.7. The van der Waals surface area contributed by atoms with Crippen molar-refractivity contribution >= 4 is 61.5 Å². The van der Waals surface area contributed by atoms with Gasteiger partial charge in [-0.15, -0.1) is 0 Å². The van der Waals surface area contributed by atoms with Crippen LogP contribution >= 0.6 is 11.6 Å². The molecule has 1 saturated carbocycles. The molecule has 11 nitrogen and oxygen atoms in total. The maximum atomic E-state index is 13.1. The van der Waals surface area contributed by atoms with Gasteiger partial charge < -0.3 is 24.8 Å². The molecule has 2 bridgehead atoms. The van der Waals surface area contributed by atoms with E-state index in [2.05, 4.69) is 20.6 Å². The van der Waals surface area contributed by atoms with E-state index < -0.39 is 21.4 Å². The van der Waals surface area contributed by atoms with E-state index in [1.807, 2.05) is 23.1 Å². The van der Waals surface area contributed by atoms with E-state index in [1.54, 1.807) is 7.05 Å². The van der Waals surface area contributed by atoms with Gasteiger partial charge in [0, 0.05) is 30.2 Å². The van der Waals surface area contributed by atoms with Crippen molar-refractivity contribution in [2.45, 2.75) is 43.8 Å².